The maximum absolute atomic E-state index is 11.8. The van der Waals surface area contributed by atoms with Gasteiger partial charge in [0.2, 0.25) is 5.91 Å². The molecule has 2 N–H and O–H groups in total. The number of anilines is 1. The second-order valence-electron chi connectivity index (χ2n) is 4.94. The number of carbonyl (C=O) groups is 1. The predicted octanol–water partition coefficient (Wildman–Crippen LogP) is 2.89. The van der Waals surface area contributed by atoms with Crippen molar-refractivity contribution >= 4 is 22.9 Å². The third kappa shape index (κ3) is 3.65. The van der Waals surface area contributed by atoms with Crippen LogP contribution in [0.1, 0.15) is 19.3 Å². The van der Waals surface area contributed by atoms with Crippen LogP contribution in [-0.4, -0.2) is 23.5 Å². The quantitative estimate of drug-likeness (QED) is 0.859. The van der Waals surface area contributed by atoms with Gasteiger partial charge in [-0.05, 0) is 37.1 Å². The molecule has 4 nitrogen and oxygen atoms in total. The lowest BCUT2D eigenvalue weighted by Gasteiger charge is -2.06. The molecule has 104 valence electrons. The summed E-state index contributed by atoms with van der Waals surface area (Å²) in [5, 5.41) is 9.20. The van der Waals surface area contributed by atoms with Crippen LogP contribution in [0.2, 0.25) is 0 Å². The number of carbonyl (C=O) groups excluding carboxylic acids is 1. The Morgan fingerprint density at radius 3 is 2.75 bits per heavy atom. The van der Waals surface area contributed by atoms with Gasteiger partial charge in [-0.2, -0.15) is 0 Å². The van der Waals surface area contributed by atoms with Crippen LogP contribution in [0.3, 0.4) is 0 Å². The molecular weight excluding hydrogens is 270 g/mol. The van der Waals surface area contributed by atoms with Crippen LogP contribution >= 0.6 is 11.3 Å². The molecule has 2 aromatic rings. The third-order valence-electron chi connectivity index (χ3n) is 3.21. The molecule has 5 heteroatoms. The van der Waals surface area contributed by atoms with Gasteiger partial charge < -0.3 is 10.6 Å². The van der Waals surface area contributed by atoms with Crippen molar-refractivity contribution in [1.82, 2.24) is 10.3 Å². The lowest BCUT2D eigenvalue weighted by molar-refractivity contribution is -0.116. The molecule has 1 fully saturated rings. The highest BCUT2D eigenvalue weighted by atomic mass is 32.1. The van der Waals surface area contributed by atoms with E-state index in [9.17, 15) is 4.79 Å². The summed E-state index contributed by atoms with van der Waals surface area (Å²) in [4.78, 5) is 16.0. The van der Waals surface area contributed by atoms with Gasteiger partial charge in [-0.3, -0.25) is 4.79 Å². The Labute approximate surface area is 122 Å². The van der Waals surface area contributed by atoms with Crippen LogP contribution in [0.4, 0.5) is 5.69 Å². The molecule has 1 heterocycles. The predicted molar refractivity (Wildman–Crippen MR) is 81.8 cm³/mol. The smallest absolute Gasteiger partial charge is 0.225 e. The first-order valence-electron chi connectivity index (χ1n) is 6.84. The fourth-order valence-corrected chi connectivity index (χ4v) is 2.61. The van der Waals surface area contributed by atoms with Crippen molar-refractivity contribution in [3.63, 3.8) is 0 Å². The van der Waals surface area contributed by atoms with Gasteiger partial charge in [0.15, 0.2) is 0 Å². The molecule has 1 aromatic heterocycles. The van der Waals surface area contributed by atoms with Gasteiger partial charge in [0.05, 0.1) is 0 Å². The topological polar surface area (TPSA) is 54.0 Å². The molecular formula is C15H17N3OS. The average Bonchev–Trinajstić information content (AvgIpc) is 3.11. The number of hydrogen-bond donors (Lipinski definition) is 2. The molecule has 1 amide bonds. The molecule has 1 aliphatic rings. The van der Waals surface area contributed by atoms with Gasteiger partial charge in [-0.1, -0.05) is 0 Å². The Hall–Kier alpha value is -1.72. The molecule has 0 saturated heterocycles. The molecule has 0 atom stereocenters. The highest BCUT2D eigenvalue weighted by Gasteiger charge is 2.20. The standard InChI is InChI=1S/C15H17N3OS/c19-14(7-8-16-12-5-6-12)18-13-3-1-11(2-4-13)15-17-9-10-20-15/h1-4,9-10,12,16H,5-8H2,(H,18,19). The summed E-state index contributed by atoms with van der Waals surface area (Å²) in [5.74, 6) is 0.0557. The molecule has 1 aromatic carbocycles. The first kappa shape index (κ1) is 13.3. The first-order valence-corrected chi connectivity index (χ1v) is 7.72. The number of rotatable bonds is 6. The van der Waals surface area contributed by atoms with Gasteiger partial charge in [0, 0.05) is 41.8 Å². The summed E-state index contributed by atoms with van der Waals surface area (Å²) >= 11 is 1.61. The van der Waals surface area contributed by atoms with E-state index in [-0.39, 0.29) is 5.91 Å². The fourth-order valence-electron chi connectivity index (χ4n) is 1.96. The number of thiazole rings is 1. The number of nitrogens with one attached hydrogen (secondary N) is 2. The molecule has 20 heavy (non-hydrogen) atoms. The molecule has 0 radical (unpaired) electrons. The van der Waals surface area contributed by atoms with Crippen molar-refractivity contribution in [2.24, 2.45) is 0 Å². The lowest BCUT2D eigenvalue weighted by atomic mass is 10.2. The molecule has 0 bridgehead atoms. The minimum atomic E-state index is 0.0557. The Bertz CT molecular complexity index is 561. The zero-order chi connectivity index (χ0) is 13.8. The van der Waals surface area contributed by atoms with E-state index in [2.05, 4.69) is 15.6 Å². The van der Waals surface area contributed by atoms with Gasteiger partial charge in [0.25, 0.3) is 0 Å². The van der Waals surface area contributed by atoms with Gasteiger partial charge in [0.1, 0.15) is 5.01 Å². The highest BCUT2D eigenvalue weighted by Crippen LogP contribution is 2.23. The minimum absolute atomic E-state index is 0.0557. The van der Waals surface area contributed by atoms with Crippen LogP contribution in [0.15, 0.2) is 35.8 Å². The van der Waals surface area contributed by atoms with E-state index < -0.39 is 0 Å². The van der Waals surface area contributed by atoms with E-state index in [1.807, 2.05) is 29.6 Å². The number of hydrogen-bond acceptors (Lipinski definition) is 4. The van der Waals surface area contributed by atoms with Crippen molar-refractivity contribution in [1.29, 1.82) is 0 Å². The summed E-state index contributed by atoms with van der Waals surface area (Å²) in [6.45, 7) is 0.758. The monoisotopic (exact) mass is 287 g/mol. The summed E-state index contributed by atoms with van der Waals surface area (Å²) in [7, 11) is 0. The number of amides is 1. The van der Waals surface area contributed by atoms with Gasteiger partial charge in [-0.15, -0.1) is 11.3 Å². The van der Waals surface area contributed by atoms with Crippen molar-refractivity contribution in [2.75, 3.05) is 11.9 Å². The zero-order valence-electron chi connectivity index (χ0n) is 11.1. The van der Waals surface area contributed by atoms with E-state index in [4.69, 9.17) is 0 Å². The molecule has 1 saturated carbocycles. The second-order valence-corrected chi connectivity index (χ2v) is 5.84. The number of benzene rings is 1. The Morgan fingerprint density at radius 2 is 2.10 bits per heavy atom. The second kappa shape index (κ2) is 6.15. The normalized spacial score (nSPS) is 14.2. The van der Waals surface area contributed by atoms with Crippen LogP contribution < -0.4 is 10.6 Å². The Morgan fingerprint density at radius 1 is 1.30 bits per heavy atom. The fraction of sp³-hybridized carbons (Fsp3) is 0.333. The maximum atomic E-state index is 11.8. The van der Waals surface area contributed by atoms with Crippen LogP contribution in [0.5, 0.6) is 0 Å². The first-order chi connectivity index (χ1) is 9.81. The summed E-state index contributed by atoms with van der Waals surface area (Å²) in [6, 6.07) is 8.46. The average molecular weight is 287 g/mol. The van der Waals surface area contributed by atoms with Gasteiger partial charge >= 0.3 is 0 Å². The Balaban J connectivity index is 1.50. The van der Waals surface area contributed by atoms with Crippen molar-refractivity contribution in [3.8, 4) is 10.6 Å². The Kier molecular flexibility index (Phi) is 4.08. The molecule has 1 aliphatic carbocycles. The number of aromatic nitrogens is 1. The molecule has 0 spiro atoms. The van der Waals surface area contributed by atoms with Gasteiger partial charge in [-0.25, -0.2) is 4.98 Å². The zero-order valence-corrected chi connectivity index (χ0v) is 12.0. The molecule has 0 aliphatic heterocycles. The molecule has 3 rings (SSSR count). The van der Waals surface area contributed by atoms with E-state index in [0.29, 0.717) is 12.5 Å². The van der Waals surface area contributed by atoms with E-state index >= 15 is 0 Å². The van der Waals surface area contributed by atoms with E-state index in [0.717, 1.165) is 22.8 Å². The van der Waals surface area contributed by atoms with E-state index in [1.165, 1.54) is 12.8 Å². The largest absolute Gasteiger partial charge is 0.326 e. The van der Waals surface area contributed by atoms with Crippen molar-refractivity contribution < 1.29 is 4.79 Å². The summed E-state index contributed by atoms with van der Waals surface area (Å²) in [6.07, 6.45) is 4.81. The minimum Gasteiger partial charge on any atom is -0.326 e. The molecule has 0 unspecified atom stereocenters. The van der Waals surface area contributed by atoms with Crippen LogP contribution in [0, 0.1) is 0 Å². The SMILES string of the molecule is O=C(CCNC1CC1)Nc1ccc(-c2nccs2)cc1. The third-order valence-corrected chi connectivity index (χ3v) is 4.03. The maximum Gasteiger partial charge on any atom is 0.225 e. The summed E-state index contributed by atoms with van der Waals surface area (Å²) < 4.78 is 0. The van der Waals surface area contributed by atoms with Crippen molar-refractivity contribution in [3.05, 3.63) is 35.8 Å². The van der Waals surface area contributed by atoms with E-state index in [1.54, 1.807) is 17.5 Å². The van der Waals surface area contributed by atoms with Crippen molar-refractivity contribution in [2.45, 2.75) is 25.3 Å². The van der Waals surface area contributed by atoms with Crippen LogP contribution in [-0.2, 0) is 4.79 Å². The highest BCUT2D eigenvalue weighted by molar-refractivity contribution is 7.13. The summed E-state index contributed by atoms with van der Waals surface area (Å²) in [5.41, 5.74) is 1.91. The van der Waals surface area contributed by atoms with Crippen LogP contribution in [0.25, 0.3) is 10.6 Å². The number of nitrogens with zero attached hydrogens (tertiary/aromatic N) is 1. The lowest BCUT2D eigenvalue weighted by Crippen LogP contribution is -2.23.